The number of carbonyl (C=O) groups excluding carboxylic acids is 2. The number of hydrogen-bond acceptors (Lipinski definition) is 5. The minimum absolute atomic E-state index is 0.00415. The third-order valence-corrected chi connectivity index (χ3v) is 2.20. The Balaban J connectivity index is 2.71. The molecule has 102 valence electrons. The van der Waals surface area contributed by atoms with Crippen LogP contribution in [-0.4, -0.2) is 30.5 Å². The molecular formula is C11H11FN2O5. The molecule has 19 heavy (non-hydrogen) atoms. The van der Waals surface area contributed by atoms with Gasteiger partial charge in [0.25, 0.3) is 11.6 Å². The maximum absolute atomic E-state index is 13.1. The van der Waals surface area contributed by atoms with Crippen LogP contribution in [0.5, 0.6) is 0 Å². The number of amides is 1. The zero-order chi connectivity index (χ0) is 14.4. The average Bonchev–Trinajstić information content (AvgIpc) is 2.37. The largest absolute Gasteiger partial charge is 0.469 e. The molecule has 1 rings (SSSR count). The van der Waals surface area contributed by atoms with Crippen LogP contribution < -0.4 is 5.32 Å². The number of nitro benzene ring substituents is 1. The lowest BCUT2D eigenvalue weighted by atomic mass is 10.2. The summed E-state index contributed by atoms with van der Waals surface area (Å²) in [5.41, 5.74) is -0.699. The van der Waals surface area contributed by atoms with E-state index in [1.54, 1.807) is 0 Å². The van der Waals surface area contributed by atoms with Crippen LogP contribution in [0.1, 0.15) is 16.8 Å². The van der Waals surface area contributed by atoms with Gasteiger partial charge < -0.3 is 10.1 Å². The quantitative estimate of drug-likeness (QED) is 0.489. The Bertz CT molecular complexity index is 518. The second-order valence-corrected chi connectivity index (χ2v) is 3.54. The molecule has 7 nitrogen and oxygen atoms in total. The zero-order valence-corrected chi connectivity index (χ0v) is 10.0. The second-order valence-electron chi connectivity index (χ2n) is 3.54. The van der Waals surface area contributed by atoms with Crippen LogP contribution in [0, 0.1) is 15.9 Å². The van der Waals surface area contributed by atoms with Crippen molar-refractivity contribution in [3.63, 3.8) is 0 Å². The first-order chi connectivity index (χ1) is 8.93. The smallest absolute Gasteiger partial charge is 0.307 e. The van der Waals surface area contributed by atoms with E-state index in [1.807, 2.05) is 0 Å². The summed E-state index contributed by atoms with van der Waals surface area (Å²) in [5, 5.41) is 12.8. The summed E-state index contributed by atoms with van der Waals surface area (Å²) in [5.74, 6) is -2.09. The summed E-state index contributed by atoms with van der Waals surface area (Å²) >= 11 is 0. The fourth-order valence-corrected chi connectivity index (χ4v) is 1.29. The van der Waals surface area contributed by atoms with Crippen molar-refractivity contribution in [3.8, 4) is 0 Å². The molecule has 8 heteroatoms. The van der Waals surface area contributed by atoms with Gasteiger partial charge in [-0.15, -0.1) is 0 Å². The predicted octanol–water partition coefficient (Wildman–Crippen LogP) is 1.03. The maximum Gasteiger partial charge on any atom is 0.307 e. The maximum atomic E-state index is 13.1. The molecule has 0 bridgehead atoms. The number of ether oxygens (including phenoxy) is 1. The normalized spacial score (nSPS) is 9.79. The van der Waals surface area contributed by atoms with Crippen molar-refractivity contribution in [1.29, 1.82) is 0 Å². The Hall–Kier alpha value is -2.51. The summed E-state index contributed by atoms with van der Waals surface area (Å²) in [6.07, 6.45) is -0.0420. The van der Waals surface area contributed by atoms with Crippen molar-refractivity contribution in [2.75, 3.05) is 13.7 Å². The molecule has 0 aliphatic heterocycles. The van der Waals surface area contributed by atoms with E-state index < -0.39 is 28.3 Å². The summed E-state index contributed by atoms with van der Waals surface area (Å²) in [6, 6.07) is 2.54. The number of nitro groups is 1. The van der Waals surface area contributed by atoms with Gasteiger partial charge in [0, 0.05) is 18.2 Å². The Kier molecular flexibility index (Phi) is 4.92. The highest BCUT2D eigenvalue weighted by atomic mass is 19.1. The monoisotopic (exact) mass is 270 g/mol. The van der Waals surface area contributed by atoms with Crippen LogP contribution >= 0.6 is 0 Å². The molecule has 1 aromatic carbocycles. The first-order valence-electron chi connectivity index (χ1n) is 5.24. The van der Waals surface area contributed by atoms with Crippen molar-refractivity contribution < 1.29 is 23.6 Å². The zero-order valence-electron chi connectivity index (χ0n) is 10.0. The standard InChI is InChI=1S/C11H11FN2O5/c1-19-10(15)2-3-13-11(16)7-4-8(12)6-9(5-7)14(17)18/h4-6H,2-3H2,1H3,(H,13,16). The molecular weight excluding hydrogens is 259 g/mol. The molecule has 0 saturated carbocycles. The number of benzene rings is 1. The Morgan fingerprint density at radius 2 is 2.11 bits per heavy atom. The van der Waals surface area contributed by atoms with E-state index >= 15 is 0 Å². The highest BCUT2D eigenvalue weighted by molar-refractivity contribution is 5.95. The lowest BCUT2D eigenvalue weighted by molar-refractivity contribution is -0.385. The second kappa shape index (κ2) is 6.43. The van der Waals surface area contributed by atoms with Gasteiger partial charge in [0.2, 0.25) is 0 Å². The highest BCUT2D eigenvalue weighted by Gasteiger charge is 2.14. The number of non-ortho nitro benzene ring substituents is 1. The number of nitrogens with zero attached hydrogens (tertiary/aromatic N) is 1. The summed E-state index contributed by atoms with van der Waals surface area (Å²) in [4.78, 5) is 32.1. The molecule has 1 aromatic rings. The number of halogens is 1. The molecule has 0 atom stereocenters. The molecule has 0 aliphatic rings. The van der Waals surface area contributed by atoms with Gasteiger partial charge in [-0.2, -0.15) is 0 Å². The van der Waals surface area contributed by atoms with E-state index in [2.05, 4.69) is 10.1 Å². The van der Waals surface area contributed by atoms with Crippen LogP contribution in [-0.2, 0) is 9.53 Å². The fraction of sp³-hybridized carbons (Fsp3) is 0.273. The van der Waals surface area contributed by atoms with Gasteiger partial charge in [0.1, 0.15) is 5.82 Å². The fourth-order valence-electron chi connectivity index (χ4n) is 1.29. The molecule has 0 spiro atoms. The highest BCUT2D eigenvalue weighted by Crippen LogP contribution is 2.16. The molecule has 0 saturated heterocycles. The van der Waals surface area contributed by atoms with Gasteiger partial charge >= 0.3 is 5.97 Å². The van der Waals surface area contributed by atoms with Gasteiger partial charge in [-0.1, -0.05) is 0 Å². The molecule has 0 aliphatic carbocycles. The number of rotatable bonds is 5. The van der Waals surface area contributed by atoms with Crippen molar-refractivity contribution in [3.05, 3.63) is 39.7 Å². The first-order valence-corrected chi connectivity index (χ1v) is 5.24. The van der Waals surface area contributed by atoms with Crippen LogP contribution in [0.25, 0.3) is 0 Å². The number of methoxy groups -OCH3 is 1. The Labute approximate surface area is 107 Å². The van der Waals surface area contributed by atoms with Gasteiger partial charge in [0.15, 0.2) is 0 Å². The minimum atomic E-state index is -0.882. The number of hydrogen-bond donors (Lipinski definition) is 1. The number of nitrogens with one attached hydrogen (secondary N) is 1. The molecule has 0 aromatic heterocycles. The summed E-state index contributed by atoms with van der Waals surface area (Å²) < 4.78 is 17.5. The topological polar surface area (TPSA) is 98.5 Å². The third-order valence-electron chi connectivity index (χ3n) is 2.20. The van der Waals surface area contributed by atoms with Crippen molar-refractivity contribution in [1.82, 2.24) is 5.32 Å². The van der Waals surface area contributed by atoms with Gasteiger partial charge in [-0.05, 0) is 6.07 Å². The van der Waals surface area contributed by atoms with Crippen molar-refractivity contribution in [2.45, 2.75) is 6.42 Å². The number of esters is 1. The van der Waals surface area contributed by atoms with Crippen molar-refractivity contribution in [2.24, 2.45) is 0 Å². The van der Waals surface area contributed by atoms with Crippen LogP contribution in [0.3, 0.4) is 0 Å². The van der Waals surface area contributed by atoms with Crippen molar-refractivity contribution >= 4 is 17.6 Å². The molecule has 0 heterocycles. The van der Waals surface area contributed by atoms with Gasteiger partial charge in [0.05, 0.1) is 24.5 Å². The van der Waals surface area contributed by atoms with E-state index in [1.165, 1.54) is 7.11 Å². The Morgan fingerprint density at radius 1 is 1.42 bits per heavy atom. The van der Waals surface area contributed by atoms with E-state index in [0.29, 0.717) is 6.07 Å². The first kappa shape index (κ1) is 14.6. The van der Waals surface area contributed by atoms with Gasteiger partial charge in [-0.3, -0.25) is 19.7 Å². The molecule has 1 N–H and O–H groups in total. The van der Waals surface area contributed by atoms with Crippen LogP contribution in [0.15, 0.2) is 18.2 Å². The predicted molar refractivity (Wildman–Crippen MR) is 62.0 cm³/mol. The van der Waals surface area contributed by atoms with Gasteiger partial charge in [-0.25, -0.2) is 4.39 Å². The number of carbonyl (C=O) groups is 2. The Morgan fingerprint density at radius 3 is 2.68 bits per heavy atom. The van der Waals surface area contributed by atoms with E-state index in [4.69, 9.17) is 0 Å². The summed E-state index contributed by atoms with van der Waals surface area (Å²) in [7, 11) is 1.21. The molecule has 0 fully saturated rings. The molecule has 0 radical (unpaired) electrons. The molecule has 1 amide bonds. The van der Waals surface area contributed by atoms with Crippen LogP contribution in [0.4, 0.5) is 10.1 Å². The lowest BCUT2D eigenvalue weighted by Crippen LogP contribution is -2.26. The lowest BCUT2D eigenvalue weighted by Gasteiger charge is -2.04. The van der Waals surface area contributed by atoms with Crippen LogP contribution in [0.2, 0.25) is 0 Å². The van der Waals surface area contributed by atoms with E-state index in [9.17, 15) is 24.1 Å². The SMILES string of the molecule is COC(=O)CCNC(=O)c1cc(F)cc([N+](=O)[O-])c1. The molecule has 0 unspecified atom stereocenters. The van der Waals surface area contributed by atoms with E-state index in [-0.39, 0.29) is 18.5 Å². The third kappa shape index (κ3) is 4.34. The van der Waals surface area contributed by atoms with E-state index in [0.717, 1.165) is 12.1 Å². The average molecular weight is 270 g/mol. The summed E-state index contributed by atoms with van der Waals surface area (Å²) in [6.45, 7) is -0.00415. The minimum Gasteiger partial charge on any atom is -0.469 e.